The lowest BCUT2D eigenvalue weighted by molar-refractivity contribution is -0.107. The molecule has 0 fully saturated rings. The second-order valence-electron chi connectivity index (χ2n) is 3.23. The van der Waals surface area contributed by atoms with Crippen molar-refractivity contribution in [1.82, 2.24) is 0 Å². The Hall–Kier alpha value is -1.18. The number of carbonyl (C=O) groups is 1. The molecule has 0 aliphatic carbocycles. The van der Waals surface area contributed by atoms with Crippen LogP contribution in [0.3, 0.4) is 0 Å². The van der Waals surface area contributed by atoms with Crippen molar-refractivity contribution >= 4 is 6.29 Å². The standard InChI is InChI=1S/C11H13FO/c1-8-7-11(12)9(2)6-10(8)4-3-5-13/h5-7H,3-4H2,1-2H3. The van der Waals surface area contributed by atoms with Crippen molar-refractivity contribution in [2.45, 2.75) is 26.7 Å². The van der Waals surface area contributed by atoms with Gasteiger partial charge >= 0.3 is 0 Å². The third-order valence-corrected chi connectivity index (χ3v) is 2.15. The number of carbonyl (C=O) groups excluding carboxylic acids is 1. The van der Waals surface area contributed by atoms with Gasteiger partial charge in [-0.25, -0.2) is 4.39 Å². The van der Waals surface area contributed by atoms with Crippen LogP contribution in [0.25, 0.3) is 0 Å². The highest BCUT2D eigenvalue weighted by atomic mass is 19.1. The molecular weight excluding hydrogens is 167 g/mol. The van der Waals surface area contributed by atoms with Gasteiger partial charge in [-0.2, -0.15) is 0 Å². The molecule has 1 nitrogen and oxygen atoms in total. The summed E-state index contributed by atoms with van der Waals surface area (Å²) in [5.74, 6) is -0.174. The SMILES string of the molecule is Cc1cc(CCC=O)c(C)cc1F. The Morgan fingerprint density at radius 3 is 2.62 bits per heavy atom. The van der Waals surface area contributed by atoms with Crippen molar-refractivity contribution in [2.75, 3.05) is 0 Å². The minimum atomic E-state index is -0.174. The maximum Gasteiger partial charge on any atom is 0.126 e. The van der Waals surface area contributed by atoms with Gasteiger partial charge in [-0.1, -0.05) is 6.07 Å². The summed E-state index contributed by atoms with van der Waals surface area (Å²) in [6, 6.07) is 3.34. The predicted molar refractivity (Wildman–Crippen MR) is 50.3 cm³/mol. The number of halogens is 1. The largest absolute Gasteiger partial charge is 0.303 e. The third kappa shape index (κ3) is 2.38. The molecule has 0 unspecified atom stereocenters. The van der Waals surface area contributed by atoms with E-state index in [9.17, 15) is 9.18 Å². The van der Waals surface area contributed by atoms with E-state index in [4.69, 9.17) is 0 Å². The molecule has 1 aromatic carbocycles. The van der Waals surface area contributed by atoms with E-state index in [1.165, 1.54) is 6.07 Å². The molecule has 13 heavy (non-hydrogen) atoms. The molecule has 0 radical (unpaired) electrons. The van der Waals surface area contributed by atoms with E-state index in [2.05, 4.69) is 0 Å². The average Bonchev–Trinajstić information content (AvgIpc) is 2.09. The van der Waals surface area contributed by atoms with Gasteiger partial charge in [-0.05, 0) is 43.0 Å². The molecule has 0 amide bonds. The number of rotatable bonds is 3. The molecule has 0 N–H and O–H groups in total. The summed E-state index contributed by atoms with van der Waals surface area (Å²) in [5, 5.41) is 0. The van der Waals surface area contributed by atoms with Crippen LogP contribution in [-0.4, -0.2) is 6.29 Å². The van der Waals surface area contributed by atoms with Crippen molar-refractivity contribution in [3.05, 3.63) is 34.6 Å². The monoisotopic (exact) mass is 180 g/mol. The highest BCUT2D eigenvalue weighted by molar-refractivity contribution is 5.50. The average molecular weight is 180 g/mol. The zero-order chi connectivity index (χ0) is 9.84. The third-order valence-electron chi connectivity index (χ3n) is 2.15. The number of hydrogen-bond donors (Lipinski definition) is 0. The summed E-state index contributed by atoms with van der Waals surface area (Å²) in [7, 11) is 0. The first-order valence-corrected chi connectivity index (χ1v) is 4.34. The predicted octanol–water partition coefficient (Wildman–Crippen LogP) is 2.57. The summed E-state index contributed by atoms with van der Waals surface area (Å²) >= 11 is 0. The van der Waals surface area contributed by atoms with Crippen molar-refractivity contribution in [2.24, 2.45) is 0 Å². The number of hydrogen-bond acceptors (Lipinski definition) is 1. The number of aryl methyl sites for hydroxylation is 3. The Morgan fingerprint density at radius 1 is 1.31 bits per heavy atom. The highest BCUT2D eigenvalue weighted by Crippen LogP contribution is 2.15. The molecule has 0 atom stereocenters. The van der Waals surface area contributed by atoms with Gasteiger partial charge < -0.3 is 4.79 Å². The molecule has 0 bridgehead atoms. The fourth-order valence-corrected chi connectivity index (χ4v) is 1.32. The molecule has 0 saturated heterocycles. The molecule has 0 aliphatic rings. The minimum Gasteiger partial charge on any atom is -0.303 e. The van der Waals surface area contributed by atoms with E-state index in [1.54, 1.807) is 6.92 Å². The summed E-state index contributed by atoms with van der Waals surface area (Å²) < 4.78 is 13.0. The molecule has 0 aromatic heterocycles. The van der Waals surface area contributed by atoms with Gasteiger partial charge in [-0.15, -0.1) is 0 Å². The lowest BCUT2D eigenvalue weighted by Gasteiger charge is -2.05. The van der Waals surface area contributed by atoms with E-state index in [-0.39, 0.29) is 5.82 Å². The summed E-state index contributed by atoms with van der Waals surface area (Å²) in [4.78, 5) is 10.2. The van der Waals surface area contributed by atoms with E-state index >= 15 is 0 Å². The molecular formula is C11H13FO. The summed E-state index contributed by atoms with van der Waals surface area (Å²) in [6.07, 6.45) is 2.10. The Labute approximate surface area is 77.6 Å². The maximum absolute atomic E-state index is 13.0. The quantitative estimate of drug-likeness (QED) is 0.653. The fourth-order valence-electron chi connectivity index (χ4n) is 1.32. The molecule has 0 aliphatic heterocycles. The van der Waals surface area contributed by atoms with Crippen molar-refractivity contribution < 1.29 is 9.18 Å². The van der Waals surface area contributed by atoms with E-state index in [0.717, 1.165) is 17.4 Å². The molecule has 0 spiro atoms. The Bertz CT molecular complexity index is 318. The molecule has 1 aromatic rings. The van der Waals surface area contributed by atoms with E-state index in [0.29, 0.717) is 18.4 Å². The van der Waals surface area contributed by atoms with Crippen LogP contribution in [0.5, 0.6) is 0 Å². The van der Waals surface area contributed by atoms with Gasteiger partial charge in [0.25, 0.3) is 0 Å². The summed E-state index contributed by atoms with van der Waals surface area (Å²) in [5.41, 5.74) is 2.63. The lowest BCUT2D eigenvalue weighted by Crippen LogP contribution is -1.94. The molecule has 0 heterocycles. The van der Waals surface area contributed by atoms with Crippen LogP contribution in [0.4, 0.5) is 4.39 Å². The van der Waals surface area contributed by atoms with Gasteiger partial charge in [0.15, 0.2) is 0 Å². The second-order valence-corrected chi connectivity index (χ2v) is 3.23. The smallest absolute Gasteiger partial charge is 0.126 e. The van der Waals surface area contributed by atoms with E-state index in [1.807, 2.05) is 13.0 Å². The maximum atomic E-state index is 13.0. The zero-order valence-corrected chi connectivity index (χ0v) is 7.93. The van der Waals surface area contributed by atoms with Gasteiger partial charge in [0, 0.05) is 6.42 Å². The fraction of sp³-hybridized carbons (Fsp3) is 0.364. The number of benzene rings is 1. The topological polar surface area (TPSA) is 17.1 Å². The highest BCUT2D eigenvalue weighted by Gasteiger charge is 2.03. The first-order chi connectivity index (χ1) is 6.15. The van der Waals surface area contributed by atoms with Gasteiger partial charge in [-0.3, -0.25) is 0 Å². The molecule has 70 valence electrons. The van der Waals surface area contributed by atoms with Crippen LogP contribution in [0.1, 0.15) is 23.1 Å². The first-order valence-electron chi connectivity index (χ1n) is 4.34. The van der Waals surface area contributed by atoms with Crippen LogP contribution in [-0.2, 0) is 11.2 Å². The van der Waals surface area contributed by atoms with Crippen LogP contribution in [0, 0.1) is 19.7 Å². The first kappa shape index (κ1) is 9.90. The zero-order valence-electron chi connectivity index (χ0n) is 7.93. The van der Waals surface area contributed by atoms with Crippen molar-refractivity contribution in [3.8, 4) is 0 Å². The van der Waals surface area contributed by atoms with Gasteiger partial charge in [0.05, 0.1) is 0 Å². The summed E-state index contributed by atoms with van der Waals surface area (Å²) in [6.45, 7) is 3.60. The van der Waals surface area contributed by atoms with Gasteiger partial charge in [0.1, 0.15) is 12.1 Å². The Morgan fingerprint density at radius 2 is 2.00 bits per heavy atom. The van der Waals surface area contributed by atoms with Crippen LogP contribution >= 0.6 is 0 Å². The molecule has 2 heteroatoms. The molecule has 0 saturated carbocycles. The van der Waals surface area contributed by atoms with Crippen molar-refractivity contribution in [1.29, 1.82) is 0 Å². The van der Waals surface area contributed by atoms with Gasteiger partial charge in [0.2, 0.25) is 0 Å². The van der Waals surface area contributed by atoms with Crippen LogP contribution in [0.2, 0.25) is 0 Å². The second kappa shape index (κ2) is 4.17. The van der Waals surface area contributed by atoms with Crippen molar-refractivity contribution in [3.63, 3.8) is 0 Å². The van der Waals surface area contributed by atoms with Crippen LogP contribution < -0.4 is 0 Å². The van der Waals surface area contributed by atoms with E-state index < -0.39 is 0 Å². The van der Waals surface area contributed by atoms with Crippen LogP contribution in [0.15, 0.2) is 12.1 Å². The Kier molecular flexibility index (Phi) is 3.18. The molecule has 1 rings (SSSR count). The lowest BCUT2D eigenvalue weighted by atomic mass is 10.0. The normalized spacial score (nSPS) is 10.1. The number of aldehydes is 1. The Balaban J connectivity index is 2.94. The minimum absolute atomic E-state index is 0.174.